The summed E-state index contributed by atoms with van der Waals surface area (Å²) in [4.78, 5) is 10.7. The van der Waals surface area contributed by atoms with Crippen molar-refractivity contribution in [1.29, 1.82) is 0 Å². The Bertz CT molecular complexity index is 579. The van der Waals surface area contributed by atoms with Crippen LogP contribution in [-0.2, 0) is 0 Å². The maximum atomic E-state index is 5.66. The van der Waals surface area contributed by atoms with Gasteiger partial charge in [0.15, 0.2) is 0 Å². The first kappa shape index (κ1) is 15.6. The number of rotatable bonds is 7. The molecule has 2 rings (SSSR count). The van der Waals surface area contributed by atoms with Crippen LogP contribution in [0.2, 0.25) is 0 Å². The highest BCUT2D eigenvalue weighted by atomic mass is 32.2. The fraction of sp³-hybridized carbons (Fsp3) is 0.333. The lowest BCUT2D eigenvalue weighted by Crippen LogP contribution is -2.22. The Balaban J connectivity index is 2.41. The predicted octanol–water partition coefficient (Wildman–Crippen LogP) is 2.69. The second kappa shape index (κ2) is 7.85. The fourth-order valence-electron chi connectivity index (χ4n) is 2.05. The van der Waals surface area contributed by atoms with E-state index < -0.39 is 0 Å². The Morgan fingerprint density at radius 2 is 2.10 bits per heavy atom. The molecular weight excluding hydrogens is 284 g/mol. The maximum absolute atomic E-state index is 5.66. The van der Waals surface area contributed by atoms with Crippen LogP contribution in [0.1, 0.15) is 6.42 Å². The summed E-state index contributed by atoms with van der Waals surface area (Å²) in [6, 6.07) is 9.89. The molecule has 0 aliphatic carbocycles. The SMILES string of the molecule is COc1ccccc1N(CCCN)c1cc(SC)ncn1. The fourth-order valence-corrected chi connectivity index (χ4v) is 2.43. The van der Waals surface area contributed by atoms with Crippen LogP contribution in [-0.4, -0.2) is 36.4 Å². The van der Waals surface area contributed by atoms with Gasteiger partial charge in [-0.1, -0.05) is 12.1 Å². The summed E-state index contributed by atoms with van der Waals surface area (Å²) >= 11 is 1.60. The summed E-state index contributed by atoms with van der Waals surface area (Å²) in [7, 11) is 1.67. The van der Waals surface area contributed by atoms with Crippen molar-refractivity contribution in [2.45, 2.75) is 11.4 Å². The summed E-state index contributed by atoms with van der Waals surface area (Å²) in [6.07, 6.45) is 4.46. The Morgan fingerprint density at radius 3 is 2.81 bits per heavy atom. The normalized spacial score (nSPS) is 10.4. The third-order valence-electron chi connectivity index (χ3n) is 3.08. The zero-order valence-corrected chi connectivity index (χ0v) is 13.1. The van der Waals surface area contributed by atoms with Crippen LogP contribution in [0.25, 0.3) is 0 Å². The van der Waals surface area contributed by atoms with Gasteiger partial charge in [-0.3, -0.25) is 0 Å². The van der Waals surface area contributed by atoms with E-state index in [0.29, 0.717) is 6.54 Å². The minimum Gasteiger partial charge on any atom is -0.495 e. The van der Waals surface area contributed by atoms with Gasteiger partial charge in [-0.25, -0.2) is 9.97 Å². The molecule has 0 radical (unpaired) electrons. The number of nitrogens with zero attached hydrogens (tertiary/aromatic N) is 3. The van der Waals surface area contributed by atoms with Crippen LogP contribution in [0.5, 0.6) is 5.75 Å². The van der Waals surface area contributed by atoms with Crippen LogP contribution >= 0.6 is 11.8 Å². The number of hydrogen-bond acceptors (Lipinski definition) is 6. The standard InChI is InChI=1S/C15H20N4OS/c1-20-13-7-4-3-6-12(13)19(9-5-8-16)14-10-15(21-2)18-11-17-14/h3-4,6-7,10-11H,5,8-9,16H2,1-2H3. The van der Waals surface area contributed by atoms with E-state index in [1.54, 1.807) is 25.2 Å². The lowest BCUT2D eigenvalue weighted by molar-refractivity contribution is 0.415. The van der Waals surface area contributed by atoms with E-state index in [4.69, 9.17) is 10.5 Å². The molecule has 2 aromatic rings. The smallest absolute Gasteiger partial charge is 0.142 e. The molecule has 0 bridgehead atoms. The molecule has 0 saturated heterocycles. The van der Waals surface area contributed by atoms with Gasteiger partial charge in [0, 0.05) is 12.6 Å². The number of ether oxygens (including phenoxy) is 1. The topological polar surface area (TPSA) is 64.3 Å². The summed E-state index contributed by atoms with van der Waals surface area (Å²) < 4.78 is 5.46. The molecule has 21 heavy (non-hydrogen) atoms. The molecule has 0 saturated carbocycles. The minimum absolute atomic E-state index is 0.631. The van der Waals surface area contributed by atoms with Gasteiger partial charge in [-0.2, -0.15) is 0 Å². The summed E-state index contributed by atoms with van der Waals surface area (Å²) in [5, 5.41) is 0.938. The van der Waals surface area contributed by atoms with Gasteiger partial charge in [0.1, 0.15) is 22.9 Å². The number of para-hydroxylation sites is 2. The van der Waals surface area contributed by atoms with Crippen LogP contribution in [0.15, 0.2) is 41.7 Å². The lowest BCUT2D eigenvalue weighted by Gasteiger charge is -2.25. The second-order valence-electron chi connectivity index (χ2n) is 4.38. The maximum Gasteiger partial charge on any atom is 0.142 e. The quantitative estimate of drug-likeness (QED) is 0.627. The van der Waals surface area contributed by atoms with Gasteiger partial charge >= 0.3 is 0 Å². The monoisotopic (exact) mass is 304 g/mol. The van der Waals surface area contributed by atoms with E-state index >= 15 is 0 Å². The second-order valence-corrected chi connectivity index (χ2v) is 5.21. The number of aromatic nitrogens is 2. The molecule has 0 aliphatic rings. The Kier molecular flexibility index (Phi) is 5.83. The summed E-state index contributed by atoms with van der Waals surface area (Å²) in [5.41, 5.74) is 6.65. The summed E-state index contributed by atoms with van der Waals surface area (Å²) in [6.45, 7) is 1.41. The molecule has 6 heteroatoms. The van der Waals surface area contributed by atoms with Crippen molar-refractivity contribution in [3.05, 3.63) is 36.7 Å². The van der Waals surface area contributed by atoms with Gasteiger partial charge < -0.3 is 15.4 Å². The molecular formula is C15H20N4OS. The molecule has 0 aliphatic heterocycles. The third kappa shape index (κ3) is 3.86. The number of benzene rings is 1. The van der Waals surface area contributed by atoms with E-state index in [2.05, 4.69) is 14.9 Å². The molecule has 1 heterocycles. The first-order chi connectivity index (χ1) is 10.3. The Morgan fingerprint density at radius 1 is 1.29 bits per heavy atom. The van der Waals surface area contributed by atoms with E-state index in [1.165, 1.54) is 0 Å². The van der Waals surface area contributed by atoms with Crippen LogP contribution < -0.4 is 15.4 Å². The first-order valence-electron chi connectivity index (χ1n) is 6.76. The number of methoxy groups -OCH3 is 1. The zero-order chi connectivity index (χ0) is 15.1. The third-order valence-corrected chi connectivity index (χ3v) is 3.72. The van der Waals surface area contributed by atoms with Crippen LogP contribution in [0, 0.1) is 0 Å². The number of anilines is 2. The predicted molar refractivity (Wildman–Crippen MR) is 87.5 cm³/mol. The number of thioether (sulfide) groups is 1. The van der Waals surface area contributed by atoms with Gasteiger partial charge in [-0.05, 0) is 31.4 Å². The largest absolute Gasteiger partial charge is 0.495 e. The van der Waals surface area contributed by atoms with Crippen molar-refractivity contribution in [1.82, 2.24) is 9.97 Å². The molecule has 1 aromatic carbocycles. The molecule has 112 valence electrons. The van der Waals surface area contributed by atoms with Crippen molar-refractivity contribution in [2.24, 2.45) is 5.73 Å². The molecule has 2 N–H and O–H groups in total. The van der Waals surface area contributed by atoms with E-state index in [0.717, 1.165) is 35.2 Å². The van der Waals surface area contributed by atoms with Crippen molar-refractivity contribution >= 4 is 23.3 Å². The van der Waals surface area contributed by atoms with E-state index in [9.17, 15) is 0 Å². The van der Waals surface area contributed by atoms with Gasteiger partial charge in [0.2, 0.25) is 0 Å². The molecule has 0 amide bonds. The van der Waals surface area contributed by atoms with Gasteiger partial charge in [-0.15, -0.1) is 11.8 Å². The van der Waals surface area contributed by atoms with Crippen molar-refractivity contribution in [3.63, 3.8) is 0 Å². The minimum atomic E-state index is 0.631. The Labute approximate surface area is 129 Å². The van der Waals surface area contributed by atoms with Crippen LogP contribution in [0.3, 0.4) is 0 Å². The molecule has 1 aromatic heterocycles. The average Bonchev–Trinajstić information content (AvgIpc) is 2.56. The average molecular weight is 304 g/mol. The van der Waals surface area contributed by atoms with Crippen molar-refractivity contribution in [2.75, 3.05) is 31.4 Å². The first-order valence-corrected chi connectivity index (χ1v) is 7.99. The van der Waals surface area contributed by atoms with Crippen LogP contribution in [0.4, 0.5) is 11.5 Å². The van der Waals surface area contributed by atoms with Gasteiger partial charge in [0.05, 0.1) is 12.8 Å². The Hall–Kier alpha value is -1.79. The van der Waals surface area contributed by atoms with Crippen molar-refractivity contribution < 1.29 is 4.74 Å². The van der Waals surface area contributed by atoms with E-state index in [-0.39, 0.29) is 0 Å². The highest BCUT2D eigenvalue weighted by molar-refractivity contribution is 7.98. The highest BCUT2D eigenvalue weighted by Gasteiger charge is 2.15. The summed E-state index contributed by atoms with van der Waals surface area (Å²) in [5.74, 6) is 1.67. The van der Waals surface area contributed by atoms with E-state index in [1.807, 2.05) is 36.6 Å². The van der Waals surface area contributed by atoms with Gasteiger partial charge in [0.25, 0.3) is 0 Å². The molecule has 0 atom stereocenters. The highest BCUT2D eigenvalue weighted by Crippen LogP contribution is 2.33. The molecule has 0 unspecified atom stereocenters. The lowest BCUT2D eigenvalue weighted by atomic mass is 10.2. The van der Waals surface area contributed by atoms with Crippen molar-refractivity contribution in [3.8, 4) is 5.75 Å². The number of hydrogen-bond donors (Lipinski definition) is 1. The molecule has 0 spiro atoms. The molecule has 5 nitrogen and oxygen atoms in total. The molecule has 0 fully saturated rings. The number of nitrogens with two attached hydrogens (primary N) is 1. The zero-order valence-electron chi connectivity index (χ0n) is 12.3.